The van der Waals surface area contributed by atoms with Crippen molar-refractivity contribution in [2.75, 3.05) is 6.79 Å². The lowest BCUT2D eigenvalue weighted by molar-refractivity contribution is -0.171. The number of hydrogen-bond acceptors (Lipinski definition) is 4. The molecule has 0 rings (SSSR count). The number of carbonyl (C=O) groups is 2. The summed E-state index contributed by atoms with van der Waals surface area (Å²) in [4.78, 5) is 21.3. The zero-order chi connectivity index (χ0) is 9.78. The van der Waals surface area contributed by atoms with E-state index in [1.807, 2.05) is 0 Å². The molecule has 0 aromatic rings. The standard InChI is InChI=1S/C8H14O4/c1-6(9)11-5-12-7(10)8(2,3)4/h5H2,1-4H3. The molecule has 0 radical (unpaired) electrons. The van der Waals surface area contributed by atoms with Gasteiger partial charge in [-0.1, -0.05) is 0 Å². The van der Waals surface area contributed by atoms with Gasteiger partial charge in [0.1, 0.15) is 0 Å². The first-order valence-corrected chi connectivity index (χ1v) is 3.64. The van der Waals surface area contributed by atoms with Crippen LogP contribution in [-0.4, -0.2) is 18.7 Å². The summed E-state index contributed by atoms with van der Waals surface area (Å²) in [5, 5.41) is 0. The minimum Gasteiger partial charge on any atom is -0.428 e. The van der Waals surface area contributed by atoms with Crippen molar-refractivity contribution in [1.29, 1.82) is 0 Å². The lowest BCUT2D eigenvalue weighted by Gasteiger charge is -2.15. The van der Waals surface area contributed by atoms with E-state index in [2.05, 4.69) is 9.47 Å². The van der Waals surface area contributed by atoms with Gasteiger partial charge >= 0.3 is 11.9 Å². The second-order valence-corrected chi connectivity index (χ2v) is 3.44. The van der Waals surface area contributed by atoms with Crippen molar-refractivity contribution in [2.24, 2.45) is 5.41 Å². The van der Waals surface area contributed by atoms with E-state index >= 15 is 0 Å². The first-order chi connectivity index (χ1) is 5.34. The molecule has 0 aliphatic heterocycles. The molecule has 0 unspecified atom stereocenters. The molecule has 0 amide bonds. The van der Waals surface area contributed by atoms with Crippen LogP contribution in [0.2, 0.25) is 0 Å². The Morgan fingerprint density at radius 2 is 1.67 bits per heavy atom. The Balaban J connectivity index is 3.66. The van der Waals surface area contributed by atoms with Crippen molar-refractivity contribution in [2.45, 2.75) is 27.7 Å². The molecule has 0 aliphatic carbocycles. The van der Waals surface area contributed by atoms with E-state index in [0.29, 0.717) is 0 Å². The number of rotatable bonds is 2. The van der Waals surface area contributed by atoms with Crippen molar-refractivity contribution >= 4 is 11.9 Å². The Hall–Kier alpha value is -1.06. The molecule has 12 heavy (non-hydrogen) atoms. The van der Waals surface area contributed by atoms with Crippen LogP contribution >= 0.6 is 0 Å². The fraction of sp³-hybridized carbons (Fsp3) is 0.750. The third kappa shape index (κ3) is 4.71. The quantitative estimate of drug-likeness (QED) is 0.464. The van der Waals surface area contributed by atoms with Crippen molar-refractivity contribution in [3.63, 3.8) is 0 Å². The Kier molecular flexibility index (Phi) is 3.73. The smallest absolute Gasteiger partial charge is 0.314 e. The monoisotopic (exact) mass is 174 g/mol. The molecule has 0 aliphatic rings. The van der Waals surface area contributed by atoms with E-state index in [4.69, 9.17) is 0 Å². The predicted octanol–water partition coefficient (Wildman–Crippen LogP) is 1.10. The zero-order valence-corrected chi connectivity index (χ0v) is 7.84. The van der Waals surface area contributed by atoms with Crippen LogP contribution in [0.4, 0.5) is 0 Å². The molecule has 0 fully saturated rings. The highest BCUT2D eigenvalue weighted by Crippen LogP contribution is 2.14. The fourth-order valence-electron chi connectivity index (χ4n) is 0.382. The fourth-order valence-corrected chi connectivity index (χ4v) is 0.382. The second kappa shape index (κ2) is 4.09. The molecule has 0 aromatic carbocycles. The van der Waals surface area contributed by atoms with E-state index in [1.165, 1.54) is 6.92 Å². The second-order valence-electron chi connectivity index (χ2n) is 3.44. The highest BCUT2D eigenvalue weighted by molar-refractivity contribution is 5.75. The first-order valence-electron chi connectivity index (χ1n) is 3.64. The molecule has 4 nitrogen and oxygen atoms in total. The molecule has 0 spiro atoms. The van der Waals surface area contributed by atoms with E-state index < -0.39 is 11.4 Å². The van der Waals surface area contributed by atoms with Crippen LogP contribution in [0.3, 0.4) is 0 Å². The summed E-state index contributed by atoms with van der Waals surface area (Å²) in [5.74, 6) is -0.847. The van der Waals surface area contributed by atoms with Crippen LogP contribution in [-0.2, 0) is 19.1 Å². The van der Waals surface area contributed by atoms with Crippen LogP contribution in [0.5, 0.6) is 0 Å². The van der Waals surface area contributed by atoms with Crippen molar-refractivity contribution < 1.29 is 19.1 Å². The summed E-state index contributed by atoms with van der Waals surface area (Å²) in [6, 6.07) is 0. The molecule has 0 saturated carbocycles. The Morgan fingerprint density at radius 3 is 2.00 bits per heavy atom. The third-order valence-corrected chi connectivity index (χ3v) is 1.06. The molecule has 0 heterocycles. The summed E-state index contributed by atoms with van der Waals surface area (Å²) in [5.41, 5.74) is -0.555. The van der Waals surface area contributed by atoms with Crippen LogP contribution in [0, 0.1) is 5.41 Å². The maximum absolute atomic E-state index is 11.0. The maximum Gasteiger partial charge on any atom is 0.314 e. The Bertz CT molecular complexity index is 178. The molecule has 4 heteroatoms. The summed E-state index contributed by atoms with van der Waals surface area (Å²) in [6.45, 7) is 6.13. The molecule has 0 bridgehead atoms. The molecule has 0 aromatic heterocycles. The van der Waals surface area contributed by atoms with Crippen LogP contribution in [0.25, 0.3) is 0 Å². The highest BCUT2D eigenvalue weighted by Gasteiger charge is 2.22. The van der Waals surface area contributed by atoms with E-state index in [1.54, 1.807) is 20.8 Å². The summed E-state index contributed by atoms with van der Waals surface area (Å²) in [7, 11) is 0. The molecular weight excluding hydrogens is 160 g/mol. The van der Waals surface area contributed by atoms with Gasteiger partial charge in [0.05, 0.1) is 5.41 Å². The van der Waals surface area contributed by atoms with Gasteiger partial charge in [-0.25, -0.2) is 0 Å². The van der Waals surface area contributed by atoms with Crippen LogP contribution in [0.15, 0.2) is 0 Å². The first kappa shape index (κ1) is 10.9. The molecular formula is C8H14O4. The summed E-state index contributed by atoms with van der Waals surface area (Å²) in [6.07, 6.45) is 0. The van der Waals surface area contributed by atoms with E-state index in [0.717, 1.165) is 0 Å². The van der Waals surface area contributed by atoms with Gasteiger partial charge < -0.3 is 9.47 Å². The zero-order valence-electron chi connectivity index (χ0n) is 7.84. The molecule has 0 N–H and O–H groups in total. The normalized spacial score (nSPS) is 10.7. The minimum atomic E-state index is -0.555. The molecule has 70 valence electrons. The molecule has 0 saturated heterocycles. The average molecular weight is 174 g/mol. The van der Waals surface area contributed by atoms with Crippen molar-refractivity contribution in [3.8, 4) is 0 Å². The van der Waals surface area contributed by atoms with Gasteiger partial charge in [0.25, 0.3) is 0 Å². The number of carbonyl (C=O) groups excluding carboxylic acids is 2. The largest absolute Gasteiger partial charge is 0.428 e. The topological polar surface area (TPSA) is 52.6 Å². The lowest BCUT2D eigenvalue weighted by Crippen LogP contribution is -2.24. The van der Waals surface area contributed by atoms with Crippen molar-refractivity contribution in [1.82, 2.24) is 0 Å². The average Bonchev–Trinajstić information content (AvgIpc) is 1.84. The van der Waals surface area contributed by atoms with Gasteiger partial charge in [-0.2, -0.15) is 0 Å². The number of esters is 2. The van der Waals surface area contributed by atoms with Crippen molar-refractivity contribution in [3.05, 3.63) is 0 Å². The lowest BCUT2D eigenvalue weighted by atomic mass is 9.98. The maximum atomic E-state index is 11.0. The van der Waals surface area contributed by atoms with E-state index in [-0.39, 0.29) is 12.8 Å². The van der Waals surface area contributed by atoms with Gasteiger partial charge in [-0.05, 0) is 20.8 Å². The van der Waals surface area contributed by atoms with Gasteiger partial charge in [-0.15, -0.1) is 0 Å². The Labute approximate surface area is 71.8 Å². The predicted molar refractivity (Wildman–Crippen MR) is 42.2 cm³/mol. The third-order valence-electron chi connectivity index (χ3n) is 1.06. The number of hydrogen-bond donors (Lipinski definition) is 0. The number of ether oxygens (including phenoxy) is 2. The van der Waals surface area contributed by atoms with Gasteiger partial charge in [0.15, 0.2) is 0 Å². The van der Waals surface area contributed by atoms with Crippen LogP contribution < -0.4 is 0 Å². The summed E-state index contributed by atoms with van der Waals surface area (Å²) >= 11 is 0. The molecule has 0 atom stereocenters. The Morgan fingerprint density at radius 1 is 1.17 bits per heavy atom. The van der Waals surface area contributed by atoms with E-state index in [9.17, 15) is 9.59 Å². The van der Waals surface area contributed by atoms with Crippen LogP contribution in [0.1, 0.15) is 27.7 Å². The van der Waals surface area contributed by atoms with Gasteiger partial charge in [0.2, 0.25) is 6.79 Å². The minimum absolute atomic E-state index is 0.300. The van der Waals surface area contributed by atoms with Gasteiger partial charge in [0, 0.05) is 6.92 Å². The summed E-state index contributed by atoms with van der Waals surface area (Å²) < 4.78 is 9.06. The SMILES string of the molecule is CC(=O)OCOC(=O)C(C)(C)C. The van der Waals surface area contributed by atoms with Gasteiger partial charge in [-0.3, -0.25) is 9.59 Å². The highest BCUT2D eigenvalue weighted by atomic mass is 16.7.